The van der Waals surface area contributed by atoms with E-state index in [2.05, 4.69) is 20.8 Å². The minimum Gasteiger partial charge on any atom is -0.294 e. The van der Waals surface area contributed by atoms with Crippen LogP contribution in [0.15, 0.2) is 30.3 Å². The minimum absolute atomic E-state index is 0.213. The lowest BCUT2D eigenvalue weighted by Gasteiger charge is -2.16. The summed E-state index contributed by atoms with van der Waals surface area (Å²) in [6.45, 7) is 6.59. The summed E-state index contributed by atoms with van der Waals surface area (Å²) in [5.74, 6) is 1.22. The number of benzene rings is 1. The molecule has 1 heteroatoms. The third-order valence-electron chi connectivity index (χ3n) is 3.16. The zero-order chi connectivity index (χ0) is 12.7. The highest BCUT2D eigenvalue weighted by molar-refractivity contribution is 5.97. The third kappa shape index (κ3) is 4.72. The van der Waals surface area contributed by atoms with Crippen molar-refractivity contribution in [3.05, 3.63) is 35.9 Å². The van der Waals surface area contributed by atoms with Gasteiger partial charge < -0.3 is 0 Å². The highest BCUT2D eigenvalue weighted by Gasteiger charge is 2.18. The van der Waals surface area contributed by atoms with E-state index in [1.54, 1.807) is 0 Å². The summed E-state index contributed by atoms with van der Waals surface area (Å²) >= 11 is 0. The van der Waals surface area contributed by atoms with Gasteiger partial charge in [-0.15, -0.1) is 0 Å². The maximum Gasteiger partial charge on any atom is 0.165 e. The average molecular weight is 232 g/mol. The first kappa shape index (κ1) is 14.0. The molecule has 1 aromatic rings. The Labute approximate surface area is 105 Å². The van der Waals surface area contributed by atoms with E-state index in [-0.39, 0.29) is 5.92 Å². The summed E-state index contributed by atoms with van der Waals surface area (Å²) in [6, 6.07) is 9.71. The molecule has 0 saturated heterocycles. The second-order valence-electron chi connectivity index (χ2n) is 5.19. The van der Waals surface area contributed by atoms with Crippen molar-refractivity contribution in [2.45, 2.75) is 46.5 Å². The minimum atomic E-state index is 0.213. The number of ketones is 1. The van der Waals surface area contributed by atoms with Crippen LogP contribution in [0.25, 0.3) is 0 Å². The highest BCUT2D eigenvalue weighted by atomic mass is 16.1. The van der Waals surface area contributed by atoms with Gasteiger partial charge in [-0.05, 0) is 18.8 Å². The molecule has 17 heavy (non-hydrogen) atoms. The van der Waals surface area contributed by atoms with Crippen molar-refractivity contribution < 1.29 is 4.79 Å². The predicted octanol–water partition coefficient (Wildman–Crippen LogP) is 4.72. The summed E-state index contributed by atoms with van der Waals surface area (Å²) < 4.78 is 0. The van der Waals surface area contributed by atoms with Crippen LogP contribution >= 0.6 is 0 Å². The Balaban J connectivity index is 2.66. The molecule has 1 aromatic carbocycles. The molecule has 0 aromatic heterocycles. The summed E-state index contributed by atoms with van der Waals surface area (Å²) in [7, 11) is 0. The molecule has 0 aliphatic carbocycles. The fourth-order valence-electron chi connectivity index (χ4n) is 2.13. The fraction of sp³-hybridized carbons (Fsp3) is 0.562. The number of carbonyl (C=O) groups is 1. The number of Topliss-reactive ketones (excluding diaryl/α,β-unsaturated/α-hetero) is 1. The van der Waals surface area contributed by atoms with Gasteiger partial charge in [-0.3, -0.25) is 4.79 Å². The molecule has 0 N–H and O–H groups in total. The van der Waals surface area contributed by atoms with E-state index in [1.807, 2.05) is 30.3 Å². The van der Waals surface area contributed by atoms with E-state index in [9.17, 15) is 4.79 Å². The van der Waals surface area contributed by atoms with Gasteiger partial charge in [0.15, 0.2) is 5.78 Å². The molecular formula is C16H24O. The predicted molar refractivity (Wildman–Crippen MR) is 73.2 cm³/mol. The Morgan fingerprint density at radius 2 is 1.71 bits per heavy atom. The zero-order valence-corrected chi connectivity index (χ0v) is 11.3. The molecule has 0 aliphatic rings. The molecule has 1 nitrogen and oxygen atoms in total. The van der Waals surface area contributed by atoms with Gasteiger partial charge in [-0.25, -0.2) is 0 Å². The maximum atomic E-state index is 12.3. The zero-order valence-electron chi connectivity index (χ0n) is 11.3. The lowest BCUT2D eigenvalue weighted by molar-refractivity contribution is 0.0901. The van der Waals surface area contributed by atoms with Crippen LogP contribution in [0.1, 0.15) is 56.8 Å². The molecule has 0 amide bonds. The van der Waals surface area contributed by atoms with Crippen LogP contribution in [0.4, 0.5) is 0 Å². The molecule has 0 bridgehead atoms. The number of hydrogen-bond donors (Lipinski definition) is 0. The molecule has 1 atom stereocenters. The third-order valence-corrected chi connectivity index (χ3v) is 3.16. The number of hydrogen-bond acceptors (Lipinski definition) is 1. The summed E-state index contributed by atoms with van der Waals surface area (Å²) in [6.07, 6.45) is 4.27. The van der Waals surface area contributed by atoms with Gasteiger partial charge in [0.2, 0.25) is 0 Å². The van der Waals surface area contributed by atoms with E-state index in [1.165, 1.54) is 0 Å². The Hall–Kier alpha value is -1.11. The van der Waals surface area contributed by atoms with Crippen molar-refractivity contribution in [2.24, 2.45) is 11.8 Å². The molecule has 0 spiro atoms. The molecule has 0 radical (unpaired) electrons. The van der Waals surface area contributed by atoms with Crippen LogP contribution in [0.2, 0.25) is 0 Å². The van der Waals surface area contributed by atoms with Gasteiger partial charge in [-0.2, -0.15) is 0 Å². The van der Waals surface area contributed by atoms with Crippen molar-refractivity contribution in [1.29, 1.82) is 0 Å². The van der Waals surface area contributed by atoms with Gasteiger partial charge in [0.25, 0.3) is 0 Å². The maximum absolute atomic E-state index is 12.3. The molecule has 1 unspecified atom stereocenters. The summed E-state index contributed by atoms with van der Waals surface area (Å²) in [5, 5.41) is 0. The van der Waals surface area contributed by atoms with E-state index < -0.39 is 0 Å². The Bertz CT molecular complexity index is 327. The quantitative estimate of drug-likeness (QED) is 0.621. The van der Waals surface area contributed by atoms with Gasteiger partial charge in [-0.1, -0.05) is 63.9 Å². The number of rotatable bonds is 7. The first-order chi connectivity index (χ1) is 8.15. The van der Waals surface area contributed by atoms with Crippen LogP contribution in [-0.2, 0) is 0 Å². The Morgan fingerprint density at radius 1 is 1.06 bits per heavy atom. The van der Waals surface area contributed by atoms with E-state index in [4.69, 9.17) is 0 Å². The molecular weight excluding hydrogens is 208 g/mol. The first-order valence-corrected chi connectivity index (χ1v) is 6.74. The summed E-state index contributed by atoms with van der Waals surface area (Å²) in [5.41, 5.74) is 0.870. The van der Waals surface area contributed by atoms with Crippen molar-refractivity contribution in [2.75, 3.05) is 0 Å². The Kier molecular flexibility index (Phi) is 5.96. The first-order valence-electron chi connectivity index (χ1n) is 6.74. The van der Waals surface area contributed by atoms with Crippen molar-refractivity contribution in [3.63, 3.8) is 0 Å². The normalized spacial score (nSPS) is 12.7. The average Bonchev–Trinajstić information content (AvgIpc) is 2.34. The highest BCUT2D eigenvalue weighted by Crippen LogP contribution is 2.21. The molecule has 0 aliphatic heterocycles. The van der Waals surface area contributed by atoms with Crippen molar-refractivity contribution in [3.8, 4) is 0 Å². The smallest absolute Gasteiger partial charge is 0.165 e. The van der Waals surface area contributed by atoms with Crippen molar-refractivity contribution >= 4 is 5.78 Å². The van der Waals surface area contributed by atoms with Gasteiger partial charge >= 0.3 is 0 Å². The van der Waals surface area contributed by atoms with E-state index in [0.717, 1.165) is 31.2 Å². The summed E-state index contributed by atoms with van der Waals surface area (Å²) in [4.78, 5) is 12.3. The molecule has 0 fully saturated rings. The van der Waals surface area contributed by atoms with Crippen LogP contribution in [-0.4, -0.2) is 5.78 Å². The van der Waals surface area contributed by atoms with Crippen LogP contribution < -0.4 is 0 Å². The van der Waals surface area contributed by atoms with Crippen LogP contribution in [0.3, 0.4) is 0 Å². The second-order valence-corrected chi connectivity index (χ2v) is 5.19. The van der Waals surface area contributed by atoms with Gasteiger partial charge in [0, 0.05) is 11.5 Å². The number of carbonyl (C=O) groups excluding carboxylic acids is 1. The Morgan fingerprint density at radius 3 is 2.24 bits per heavy atom. The SMILES string of the molecule is CCCC(CCC(C)C)C(=O)c1ccccc1. The largest absolute Gasteiger partial charge is 0.294 e. The molecule has 94 valence electrons. The fourth-order valence-corrected chi connectivity index (χ4v) is 2.13. The van der Waals surface area contributed by atoms with Gasteiger partial charge in [0.05, 0.1) is 0 Å². The van der Waals surface area contributed by atoms with Crippen molar-refractivity contribution in [1.82, 2.24) is 0 Å². The van der Waals surface area contributed by atoms with Crippen LogP contribution in [0, 0.1) is 11.8 Å². The lowest BCUT2D eigenvalue weighted by atomic mass is 9.87. The standard InChI is InChI=1S/C16H24O/c1-4-8-14(12-11-13(2)3)16(17)15-9-6-5-7-10-15/h5-7,9-10,13-14H,4,8,11-12H2,1-3H3. The monoisotopic (exact) mass is 232 g/mol. The second kappa shape index (κ2) is 7.26. The van der Waals surface area contributed by atoms with Gasteiger partial charge in [0.1, 0.15) is 0 Å². The molecule has 0 heterocycles. The van der Waals surface area contributed by atoms with Crippen LogP contribution in [0.5, 0.6) is 0 Å². The molecule has 1 rings (SSSR count). The topological polar surface area (TPSA) is 17.1 Å². The van der Waals surface area contributed by atoms with E-state index >= 15 is 0 Å². The lowest BCUT2D eigenvalue weighted by Crippen LogP contribution is -2.15. The van der Waals surface area contributed by atoms with E-state index in [0.29, 0.717) is 11.7 Å². The molecule has 0 saturated carbocycles.